The van der Waals surface area contributed by atoms with Crippen molar-refractivity contribution in [1.29, 1.82) is 0 Å². The number of methoxy groups -OCH3 is 1. The van der Waals surface area contributed by atoms with E-state index in [1.165, 1.54) is 0 Å². The second kappa shape index (κ2) is 7.76. The van der Waals surface area contributed by atoms with Crippen molar-refractivity contribution in [1.82, 2.24) is 14.9 Å². The molecule has 1 saturated heterocycles. The Morgan fingerprint density at radius 1 is 1.28 bits per heavy atom. The van der Waals surface area contributed by atoms with Gasteiger partial charge in [-0.05, 0) is 56.5 Å². The van der Waals surface area contributed by atoms with E-state index in [4.69, 9.17) is 9.47 Å². The van der Waals surface area contributed by atoms with Crippen molar-refractivity contribution in [2.75, 3.05) is 32.1 Å². The molecule has 1 aromatic heterocycles. The van der Waals surface area contributed by atoms with Crippen LogP contribution in [0.4, 0.5) is 10.7 Å². The van der Waals surface area contributed by atoms with Gasteiger partial charge in [0, 0.05) is 26.2 Å². The Balaban J connectivity index is 2.00. The Morgan fingerprint density at radius 3 is 2.40 bits per heavy atom. The number of piperidine rings is 1. The van der Waals surface area contributed by atoms with Crippen molar-refractivity contribution >= 4 is 28.0 Å². The zero-order valence-corrected chi connectivity index (χ0v) is 17.4. The molecule has 2 heterocycles. The molecule has 0 N–H and O–H groups in total. The lowest BCUT2D eigenvalue weighted by Crippen LogP contribution is -2.47. The Morgan fingerprint density at radius 2 is 1.88 bits per heavy atom. The molecule has 0 saturated carbocycles. The molecule has 0 unspecified atom stereocenters. The summed E-state index contributed by atoms with van der Waals surface area (Å²) in [6, 6.07) is 0.157. The fourth-order valence-electron chi connectivity index (χ4n) is 2.73. The SMILES string of the molecule is COc1nc(N2CCC(N(C)C(=O)OC(C)(C)C)CC2)nc(C)c1Br. The van der Waals surface area contributed by atoms with Gasteiger partial charge in [-0.1, -0.05) is 0 Å². The fraction of sp³-hybridized carbons (Fsp3) is 0.706. The summed E-state index contributed by atoms with van der Waals surface area (Å²) in [5.41, 5.74) is 0.362. The van der Waals surface area contributed by atoms with Crippen molar-refractivity contribution in [2.24, 2.45) is 0 Å². The van der Waals surface area contributed by atoms with E-state index in [0.717, 1.165) is 36.1 Å². The van der Waals surface area contributed by atoms with E-state index in [-0.39, 0.29) is 12.1 Å². The molecule has 2 rings (SSSR count). The van der Waals surface area contributed by atoms with E-state index in [2.05, 4.69) is 30.8 Å². The van der Waals surface area contributed by atoms with Crippen molar-refractivity contribution < 1.29 is 14.3 Å². The molecular formula is C17H27BrN4O3. The Bertz CT molecular complexity index is 625. The number of carbonyl (C=O) groups excluding carboxylic acids is 1. The third-order valence-corrected chi connectivity index (χ3v) is 5.06. The maximum atomic E-state index is 12.2. The van der Waals surface area contributed by atoms with Crippen LogP contribution in [-0.4, -0.2) is 59.9 Å². The van der Waals surface area contributed by atoms with Gasteiger partial charge in [0.25, 0.3) is 0 Å². The van der Waals surface area contributed by atoms with Gasteiger partial charge < -0.3 is 19.3 Å². The first kappa shape index (κ1) is 19.8. The number of hydrogen-bond donors (Lipinski definition) is 0. The molecular weight excluding hydrogens is 388 g/mol. The molecule has 1 fully saturated rings. The number of ether oxygens (including phenoxy) is 2. The summed E-state index contributed by atoms with van der Waals surface area (Å²) >= 11 is 3.44. The monoisotopic (exact) mass is 414 g/mol. The van der Waals surface area contributed by atoms with Gasteiger partial charge in [0.2, 0.25) is 11.8 Å². The van der Waals surface area contributed by atoms with E-state index in [9.17, 15) is 4.79 Å². The maximum Gasteiger partial charge on any atom is 0.410 e. The topological polar surface area (TPSA) is 67.8 Å². The third-order valence-electron chi connectivity index (χ3n) is 4.14. The van der Waals surface area contributed by atoms with Gasteiger partial charge in [0.15, 0.2) is 0 Å². The van der Waals surface area contributed by atoms with E-state index >= 15 is 0 Å². The normalized spacial score (nSPS) is 15.9. The van der Waals surface area contributed by atoms with Gasteiger partial charge in [-0.2, -0.15) is 4.98 Å². The van der Waals surface area contributed by atoms with Crippen LogP contribution < -0.4 is 9.64 Å². The van der Waals surface area contributed by atoms with Crippen LogP contribution in [0.1, 0.15) is 39.3 Å². The van der Waals surface area contributed by atoms with Gasteiger partial charge in [-0.3, -0.25) is 0 Å². The molecule has 7 nitrogen and oxygen atoms in total. The second-order valence-corrected chi connectivity index (χ2v) is 8.03. The zero-order chi connectivity index (χ0) is 18.8. The number of amides is 1. The number of rotatable bonds is 3. The Hall–Kier alpha value is -1.57. The minimum Gasteiger partial charge on any atom is -0.480 e. The lowest BCUT2D eigenvalue weighted by molar-refractivity contribution is 0.0200. The second-order valence-electron chi connectivity index (χ2n) is 7.24. The largest absolute Gasteiger partial charge is 0.480 e. The van der Waals surface area contributed by atoms with Crippen LogP contribution in [0.5, 0.6) is 5.88 Å². The summed E-state index contributed by atoms with van der Waals surface area (Å²) in [6.07, 6.45) is 1.41. The van der Waals surface area contributed by atoms with E-state index < -0.39 is 5.60 Å². The van der Waals surface area contributed by atoms with Crippen LogP contribution in [0.3, 0.4) is 0 Å². The average Bonchev–Trinajstić information content (AvgIpc) is 2.55. The smallest absolute Gasteiger partial charge is 0.410 e. The van der Waals surface area contributed by atoms with Gasteiger partial charge in [0.05, 0.1) is 12.8 Å². The Kier molecular flexibility index (Phi) is 6.13. The molecule has 1 aromatic rings. The number of halogens is 1. The first-order valence-corrected chi connectivity index (χ1v) is 9.20. The number of hydrogen-bond acceptors (Lipinski definition) is 6. The lowest BCUT2D eigenvalue weighted by Gasteiger charge is -2.37. The van der Waals surface area contributed by atoms with Crippen LogP contribution >= 0.6 is 15.9 Å². The third kappa shape index (κ3) is 4.96. The average molecular weight is 415 g/mol. The van der Waals surface area contributed by atoms with E-state index in [1.807, 2.05) is 27.7 Å². The first-order valence-electron chi connectivity index (χ1n) is 8.41. The minimum absolute atomic E-state index is 0.157. The zero-order valence-electron chi connectivity index (χ0n) is 15.8. The first-order chi connectivity index (χ1) is 11.6. The molecule has 0 aliphatic carbocycles. The summed E-state index contributed by atoms with van der Waals surface area (Å²) < 4.78 is 11.5. The van der Waals surface area contributed by atoms with Crippen molar-refractivity contribution in [3.05, 3.63) is 10.2 Å². The van der Waals surface area contributed by atoms with Gasteiger partial charge in [-0.15, -0.1) is 0 Å². The molecule has 0 atom stereocenters. The molecule has 8 heteroatoms. The molecule has 0 bridgehead atoms. The molecule has 1 aliphatic heterocycles. The van der Waals surface area contributed by atoms with Crippen LogP contribution in [0.25, 0.3) is 0 Å². The predicted octanol–water partition coefficient (Wildman–Crippen LogP) is 3.39. The molecule has 0 spiro atoms. The maximum absolute atomic E-state index is 12.2. The van der Waals surface area contributed by atoms with Gasteiger partial charge in [-0.25, -0.2) is 9.78 Å². The Labute approximate surface area is 157 Å². The molecule has 0 aromatic carbocycles. The lowest BCUT2D eigenvalue weighted by atomic mass is 10.0. The standard InChI is InChI=1S/C17H27BrN4O3/c1-11-13(18)14(24-6)20-15(19-11)22-9-7-12(8-10-22)21(5)16(23)25-17(2,3)4/h12H,7-10H2,1-6H3. The highest BCUT2D eigenvalue weighted by Gasteiger charge is 2.29. The number of aromatic nitrogens is 2. The molecule has 25 heavy (non-hydrogen) atoms. The number of carbonyl (C=O) groups is 1. The summed E-state index contributed by atoms with van der Waals surface area (Å²) in [7, 11) is 3.40. The highest BCUT2D eigenvalue weighted by Crippen LogP contribution is 2.29. The molecule has 1 amide bonds. The van der Waals surface area contributed by atoms with Crippen molar-refractivity contribution in [3.8, 4) is 5.88 Å². The highest BCUT2D eigenvalue weighted by atomic mass is 79.9. The summed E-state index contributed by atoms with van der Waals surface area (Å²) in [5.74, 6) is 1.20. The number of anilines is 1. The molecule has 0 radical (unpaired) electrons. The number of nitrogens with zero attached hydrogens (tertiary/aromatic N) is 4. The quantitative estimate of drug-likeness (QED) is 0.754. The van der Waals surface area contributed by atoms with Crippen LogP contribution in [0.2, 0.25) is 0 Å². The summed E-state index contributed by atoms with van der Waals surface area (Å²) in [6.45, 7) is 9.11. The van der Waals surface area contributed by atoms with Crippen LogP contribution in [-0.2, 0) is 4.74 Å². The molecule has 1 aliphatic rings. The predicted molar refractivity (Wildman–Crippen MR) is 100 cm³/mol. The van der Waals surface area contributed by atoms with Gasteiger partial charge in [0.1, 0.15) is 10.1 Å². The van der Waals surface area contributed by atoms with Crippen molar-refractivity contribution in [3.63, 3.8) is 0 Å². The highest BCUT2D eigenvalue weighted by molar-refractivity contribution is 9.10. The van der Waals surface area contributed by atoms with E-state index in [1.54, 1.807) is 19.1 Å². The van der Waals surface area contributed by atoms with Crippen LogP contribution in [0, 0.1) is 6.92 Å². The van der Waals surface area contributed by atoms with E-state index in [0.29, 0.717) is 11.8 Å². The number of aryl methyl sites for hydroxylation is 1. The minimum atomic E-state index is -0.481. The van der Waals surface area contributed by atoms with Crippen LogP contribution in [0.15, 0.2) is 4.47 Å². The summed E-state index contributed by atoms with van der Waals surface area (Å²) in [4.78, 5) is 25.1. The van der Waals surface area contributed by atoms with Gasteiger partial charge >= 0.3 is 6.09 Å². The van der Waals surface area contributed by atoms with Crippen molar-refractivity contribution in [2.45, 2.75) is 52.2 Å². The summed E-state index contributed by atoms with van der Waals surface area (Å²) in [5, 5.41) is 0. The molecule has 140 valence electrons. The fourth-order valence-corrected chi connectivity index (χ4v) is 3.07.